The summed E-state index contributed by atoms with van der Waals surface area (Å²) in [6.07, 6.45) is 1.95. The molecule has 0 saturated heterocycles. The highest BCUT2D eigenvalue weighted by atomic mass is 32.2. The molecule has 0 aliphatic rings. The molecule has 0 atom stereocenters. The topological polar surface area (TPSA) is 127 Å². The summed E-state index contributed by atoms with van der Waals surface area (Å²) in [7, 11) is -3.66. The minimum atomic E-state index is -3.66. The monoisotopic (exact) mass is 297 g/mol. The van der Waals surface area contributed by atoms with Gasteiger partial charge < -0.3 is 5.11 Å². The van der Waals surface area contributed by atoms with Gasteiger partial charge >= 0.3 is 5.97 Å². The molecule has 2 aromatic heterocycles. The summed E-state index contributed by atoms with van der Waals surface area (Å²) < 4.78 is 25.8. The number of anilines is 1. The van der Waals surface area contributed by atoms with E-state index in [-0.39, 0.29) is 17.2 Å². The zero-order valence-electron chi connectivity index (χ0n) is 10.6. The number of carboxylic acid groups (broad SMARTS) is 1. The van der Waals surface area contributed by atoms with Crippen LogP contribution in [0, 0.1) is 6.92 Å². The van der Waals surface area contributed by atoms with Gasteiger partial charge in [0.1, 0.15) is 5.56 Å². The van der Waals surface area contributed by atoms with Crippen molar-refractivity contribution in [2.45, 2.75) is 6.92 Å². The molecule has 0 amide bonds. The molecule has 9 nitrogen and oxygen atoms in total. The van der Waals surface area contributed by atoms with E-state index in [2.05, 4.69) is 20.0 Å². The fourth-order valence-corrected chi connectivity index (χ4v) is 2.00. The van der Waals surface area contributed by atoms with E-state index in [1.807, 2.05) is 0 Å². The average molecular weight is 297 g/mol. The van der Waals surface area contributed by atoms with Gasteiger partial charge in [0.2, 0.25) is 10.0 Å². The maximum atomic E-state index is 11.3. The summed E-state index contributed by atoms with van der Waals surface area (Å²) in [6, 6.07) is 3.20. The van der Waals surface area contributed by atoms with Gasteiger partial charge in [-0.25, -0.2) is 13.2 Å². The third kappa shape index (κ3) is 2.91. The Bertz CT molecular complexity index is 750. The van der Waals surface area contributed by atoms with Gasteiger partial charge in [-0.1, -0.05) is 0 Å². The summed E-state index contributed by atoms with van der Waals surface area (Å²) in [4.78, 5) is 11.1. The van der Waals surface area contributed by atoms with Crippen molar-refractivity contribution in [2.75, 3.05) is 11.0 Å². The Balaban J connectivity index is 2.58. The molecule has 0 aliphatic carbocycles. The van der Waals surface area contributed by atoms with E-state index in [4.69, 9.17) is 5.11 Å². The third-order valence-electron chi connectivity index (χ3n) is 2.28. The number of carboxylic acids is 1. The Morgan fingerprint density at radius 3 is 2.55 bits per heavy atom. The summed E-state index contributed by atoms with van der Waals surface area (Å²) >= 11 is 0. The summed E-state index contributed by atoms with van der Waals surface area (Å²) in [5.41, 5.74) is 0.384. The number of nitrogens with one attached hydrogen (secondary N) is 1. The number of aromatic carboxylic acids is 1. The Labute approximate surface area is 114 Å². The lowest BCUT2D eigenvalue weighted by Gasteiger charge is -2.08. The van der Waals surface area contributed by atoms with Crippen LogP contribution in [0.5, 0.6) is 0 Å². The Morgan fingerprint density at radius 1 is 1.35 bits per heavy atom. The second-order valence-corrected chi connectivity index (χ2v) is 5.78. The van der Waals surface area contributed by atoms with E-state index in [1.54, 1.807) is 19.1 Å². The fourth-order valence-electron chi connectivity index (χ4n) is 1.46. The van der Waals surface area contributed by atoms with Gasteiger partial charge in [0.05, 0.1) is 18.1 Å². The smallest absolute Gasteiger partial charge is 0.341 e. The van der Waals surface area contributed by atoms with Crippen molar-refractivity contribution in [3.8, 4) is 5.82 Å². The van der Waals surface area contributed by atoms with Gasteiger partial charge in [-0.05, 0) is 19.1 Å². The van der Waals surface area contributed by atoms with Crippen molar-refractivity contribution < 1.29 is 18.3 Å². The number of hydrogen-bond acceptors (Lipinski definition) is 6. The van der Waals surface area contributed by atoms with Crippen LogP contribution in [0.2, 0.25) is 0 Å². The molecule has 0 aromatic carbocycles. The number of aromatic nitrogens is 4. The maximum absolute atomic E-state index is 11.3. The molecule has 0 fully saturated rings. The lowest BCUT2D eigenvalue weighted by Crippen LogP contribution is -2.16. The van der Waals surface area contributed by atoms with E-state index in [1.165, 1.54) is 0 Å². The minimum Gasteiger partial charge on any atom is -0.477 e. The molecule has 106 valence electrons. The number of carbonyl (C=O) groups is 1. The SMILES string of the molecule is Cc1ccc(-n2ncc(C(=O)O)c2NS(C)(=O)=O)nn1. The number of aryl methyl sites for hydroxylation is 1. The predicted octanol–water partition coefficient (Wildman–Crippen LogP) is 0.0404. The molecule has 2 aromatic rings. The zero-order chi connectivity index (χ0) is 14.9. The molecule has 0 radical (unpaired) electrons. The molecule has 0 aliphatic heterocycles. The first-order valence-electron chi connectivity index (χ1n) is 5.38. The van der Waals surface area contributed by atoms with Crippen LogP contribution in [0.4, 0.5) is 5.82 Å². The van der Waals surface area contributed by atoms with E-state index in [9.17, 15) is 13.2 Å². The fraction of sp³-hybridized carbons (Fsp3) is 0.200. The summed E-state index contributed by atoms with van der Waals surface area (Å²) in [5, 5.41) is 20.5. The van der Waals surface area contributed by atoms with Crippen LogP contribution < -0.4 is 4.72 Å². The van der Waals surface area contributed by atoms with Crippen LogP contribution >= 0.6 is 0 Å². The van der Waals surface area contributed by atoms with Gasteiger partial charge in [0.25, 0.3) is 0 Å². The molecule has 0 saturated carbocycles. The lowest BCUT2D eigenvalue weighted by atomic mass is 10.3. The highest BCUT2D eigenvalue weighted by molar-refractivity contribution is 7.92. The zero-order valence-corrected chi connectivity index (χ0v) is 11.4. The molecule has 0 bridgehead atoms. The molecular formula is C10H11N5O4S. The van der Waals surface area contributed by atoms with Gasteiger partial charge in [-0.3, -0.25) is 4.72 Å². The van der Waals surface area contributed by atoms with Crippen LogP contribution in [-0.4, -0.2) is 45.7 Å². The second kappa shape index (κ2) is 4.89. The van der Waals surface area contributed by atoms with Crippen LogP contribution in [0.25, 0.3) is 5.82 Å². The molecule has 20 heavy (non-hydrogen) atoms. The first-order valence-corrected chi connectivity index (χ1v) is 7.27. The second-order valence-electron chi connectivity index (χ2n) is 4.03. The standard InChI is InChI=1S/C10H11N5O4S/c1-6-3-4-8(13-12-6)15-9(14-20(2,18)19)7(5-11-15)10(16)17/h3-5,14H,1-2H3,(H,16,17). The number of hydrogen-bond donors (Lipinski definition) is 2. The molecule has 2 heterocycles. The van der Waals surface area contributed by atoms with Crippen molar-refractivity contribution in [1.82, 2.24) is 20.0 Å². The van der Waals surface area contributed by atoms with Crippen molar-refractivity contribution in [3.63, 3.8) is 0 Å². The maximum Gasteiger partial charge on any atom is 0.341 e. The first-order chi connectivity index (χ1) is 9.28. The average Bonchev–Trinajstić information content (AvgIpc) is 2.71. The normalized spacial score (nSPS) is 11.3. The van der Waals surface area contributed by atoms with E-state index in [0.717, 1.165) is 17.1 Å². The number of rotatable bonds is 4. The summed E-state index contributed by atoms with van der Waals surface area (Å²) in [6.45, 7) is 1.73. The Hall–Kier alpha value is -2.49. The van der Waals surface area contributed by atoms with Crippen LogP contribution in [0.1, 0.15) is 16.1 Å². The Kier molecular flexibility index (Phi) is 3.40. The van der Waals surface area contributed by atoms with E-state index >= 15 is 0 Å². The van der Waals surface area contributed by atoms with Crippen molar-refractivity contribution in [1.29, 1.82) is 0 Å². The van der Waals surface area contributed by atoms with Gasteiger partial charge in [-0.2, -0.15) is 14.9 Å². The lowest BCUT2D eigenvalue weighted by molar-refractivity contribution is 0.0698. The van der Waals surface area contributed by atoms with Crippen molar-refractivity contribution in [3.05, 3.63) is 29.6 Å². The number of nitrogens with zero attached hydrogens (tertiary/aromatic N) is 4. The van der Waals surface area contributed by atoms with Gasteiger partial charge in [0.15, 0.2) is 11.6 Å². The quantitative estimate of drug-likeness (QED) is 0.815. The summed E-state index contributed by atoms with van der Waals surface area (Å²) in [5.74, 6) is -1.30. The van der Waals surface area contributed by atoms with Gasteiger partial charge in [0, 0.05) is 0 Å². The highest BCUT2D eigenvalue weighted by Gasteiger charge is 2.21. The van der Waals surface area contributed by atoms with Crippen molar-refractivity contribution >= 4 is 21.8 Å². The first kappa shape index (κ1) is 13.9. The van der Waals surface area contributed by atoms with Crippen LogP contribution in [0.3, 0.4) is 0 Å². The largest absolute Gasteiger partial charge is 0.477 e. The van der Waals surface area contributed by atoms with Gasteiger partial charge in [-0.15, -0.1) is 5.10 Å². The minimum absolute atomic E-state index is 0.196. The molecule has 0 spiro atoms. The molecule has 0 unspecified atom stereocenters. The van der Waals surface area contributed by atoms with E-state index < -0.39 is 16.0 Å². The van der Waals surface area contributed by atoms with E-state index in [0.29, 0.717) is 5.69 Å². The molecular weight excluding hydrogens is 286 g/mol. The van der Waals surface area contributed by atoms with Crippen LogP contribution in [-0.2, 0) is 10.0 Å². The predicted molar refractivity (Wildman–Crippen MR) is 69.3 cm³/mol. The highest BCUT2D eigenvalue weighted by Crippen LogP contribution is 2.20. The van der Waals surface area contributed by atoms with Crippen molar-refractivity contribution in [2.24, 2.45) is 0 Å². The number of sulfonamides is 1. The molecule has 2 N–H and O–H groups in total. The molecule has 10 heteroatoms. The Morgan fingerprint density at radius 2 is 2.05 bits per heavy atom. The van der Waals surface area contributed by atoms with Crippen LogP contribution in [0.15, 0.2) is 18.3 Å². The molecule has 2 rings (SSSR count). The third-order valence-corrected chi connectivity index (χ3v) is 2.85.